The molecule has 0 heterocycles. The van der Waals surface area contributed by atoms with Crippen LogP contribution < -0.4 is 10.6 Å². The molecule has 1 aromatic carbocycles. The molecule has 1 aromatic rings. The summed E-state index contributed by atoms with van der Waals surface area (Å²) < 4.78 is 0. The lowest BCUT2D eigenvalue weighted by atomic mass is 9.85. The van der Waals surface area contributed by atoms with Gasteiger partial charge in [-0.1, -0.05) is 31.5 Å². The Balaban J connectivity index is 1.85. The van der Waals surface area contributed by atoms with Gasteiger partial charge in [-0.2, -0.15) is 0 Å². The van der Waals surface area contributed by atoms with Gasteiger partial charge in [0.25, 0.3) is 5.91 Å². The van der Waals surface area contributed by atoms with Gasteiger partial charge in [0.15, 0.2) is 6.04 Å². The van der Waals surface area contributed by atoms with Gasteiger partial charge >= 0.3 is 0 Å². The molecule has 1 saturated carbocycles. The first-order valence-corrected chi connectivity index (χ1v) is 7.37. The van der Waals surface area contributed by atoms with E-state index in [2.05, 4.69) is 17.6 Å². The monoisotopic (exact) mass is 261 g/mol. The quantitative estimate of drug-likeness (QED) is 0.857. The molecule has 0 unspecified atom stereocenters. The highest BCUT2D eigenvalue weighted by Gasteiger charge is 2.28. The van der Waals surface area contributed by atoms with E-state index >= 15 is 0 Å². The molecule has 2 rings (SSSR count). The molecule has 3 nitrogen and oxygen atoms in total. The Morgan fingerprint density at radius 2 is 1.95 bits per heavy atom. The molecule has 19 heavy (non-hydrogen) atoms. The summed E-state index contributed by atoms with van der Waals surface area (Å²) in [6.45, 7) is 4.31. The predicted molar refractivity (Wildman–Crippen MR) is 77.9 cm³/mol. The Kier molecular flexibility index (Phi) is 4.97. The molecule has 0 aromatic heterocycles. The molecule has 0 radical (unpaired) electrons. The van der Waals surface area contributed by atoms with Crippen molar-refractivity contribution in [2.24, 2.45) is 5.92 Å². The number of para-hydroxylation sites is 1. The fourth-order valence-electron chi connectivity index (χ4n) is 2.87. The lowest BCUT2D eigenvalue weighted by Gasteiger charge is -2.28. The Morgan fingerprint density at radius 1 is 1.26 bits per heavy atom. The number of carbonyl (C=O) groups excluding carboxylic acids is 1. The number of nitrogens with one attached hydrogen (secondary N) is 1. The van der Waals surface area contributed by atoms with Crippen LogP contribution in [0.15, 0.2) is 30.3 Å². The molecule has 104 valence electrons. The number of benzene rings is 1. The van der Waals surface area contributed by atoms with Crippen molar-refractivity contribution in [1.82, 2.24) is 0 Å². The Morgan fingerprint density at radius 3 is 2.63 bits per heavy atom. The second-order valence-corrected chi connectivity index (χ2v) is 5.76. The van der Waals surface area contributed by atoms with Crippen LogP contribution in [0.1, 0.15) is 39.5 Å². The Labute approximate surface area is 115 Å². The normalized spacial score (nSPS) is 24.7. The van der Waals surface area contributed by atoms with Crippen molar-refractivity contribution in [3.8, 4) is 0 Å². The average Bonchev–Trinajstić information content (AvgIpc) is 2.42. The number of carbonyl (C=O) groups is 1. The molecule has 3 atom stereocenters. The van der Waals surface area contributed by atoms with Gasteiger partial charge in [-0.15, -0.1) is 0 Å². The van der Waals surface area contributed by atoms with Crippen molar-refractivity contribution in [3.05, 3.63) is 30.3 Å². The summed E-state index contributed by atoms with van der Waals surface area (Å²) in [6.07, 6.45) is 5.19. The van der Waals surface area contributed by atoms with Crippen LogP contribution in [0.3, 0.4) is 0 Å². The van der Waals surface area contributed by atoms with Gasteiger partial charge in [0.05, 0.1) is 6.04 Å². The van der Waals surface area contributed by atoms with Crippen LogP contribution in [0.2, 0.25) is 0 Å². The number of amides is 1. The van der Waals surface area contributed by atoms with E-state index in [4.69, 9.17) is 0 Å². The van der Waals surface area contributed by atoms with E-state index in [0.717, 1.165) is 11.6 Å². The van der Waals surface area contributed by atoms with Crippen LogP contribution in [0.25, 0.3) is 0 Å². The third-order valence-electron chi connectivity index (χ3n) is 4.17. The molecule has 0 saturated heterocycles. The smallest absolute Gasteiger partial charge is 0.282 e. The lowest BCUT2D eigenvalue weighted by Crippen LogP contribution is -2.97. The topological polar surface area (TPSA) is 45.7 Å². The van der Waals surface area contributed by atoms with Crippen molar-refractivity contribution in [1.29, 1.82) is 0 Å². The van der Waals surface area contributed by atoms with Gasteiger partial charge < -0.3 is 10.6 Å². The van der Waals surface area contributed by atoms with Gasteiger partial charge in [0.1, 0.15) is 0 Å². The highest BCUT2D eigenvalue weighted by molar-refractivity contribution is 5.93. The standard InChI is InChI=1S/C16H24N2O/c1-12-8-6-7-11-15(12)17-13(2)16(19)18-14-9-4-3-5-10-14/h3-5,9-10,12-13,15,17H,6-8,11H2,1-2H3,(H,18,19)/p+1/t12-,13+,15-/m1/s1. The van der Waals surface area contributed by atoms with E-state index in [9.17, 15) is 4.79 Å². The van der Waals surface area contributed by atoms with Crippen LogP contribution in [0.4, 0.5) is 5.69 Å². The van der Waals surface area contributed by atoms with Crippen molar-refractivity contribution < 1.29 is 10.1 Å². The summed E-state index contributed by atoms with van der Waals surface area (Å²) in [5.41, 5.74) is 0.879. The fraction of sp³-hybridized carbons (Fsp3) is 0.562. The van der Waals surface area contributed by atoms with E-state index in [1.807, 2.05) is 37.3 Å². The van der Waals surface area contributed by atoms with Crippen LogP contribution in [0.5, 0.6) is 0 Å². The zero-order valence-electron chi connectivity index (χ0n) is 11.9. The van der Waals surface area contributed by atoms with Gasteiger partial charge in [0, 0.05) is 11.6 Å². The second kappa shape index (κ2) is 6.71. The maximum absolute atomic E-state index is 12.2. The number of nitrogens with two attached hydrogens (primary N) is 1. The minimum Gasteiger partial charge on any atom is -0.334 e. The lowest BCUT2D eigenvalue weighted by molar-refractivity contribution is -0.714. The molecule has 3 N–H and O–H groups in total. The summed E-state index contributed by atoms with van der Waals surface area (Å²) >= 11 is 0. The second-order valence-electron chi connectivity index (χ2n) is 5.76. The first-order valence-electron chi connectivity index (χ1n) is 7.37. The third kappa shape index (κ3) is 4.06. The Hall–Kier alpha value is -1.35. The zero-order valence-corrected chi connectivity index (χ0v) is 11.9. The SMILES string of the molecule is C[C@H]([NH2+][C@@H]1CCCC[C@H]1C)C(=O)Nc1ccccc1. The van der Waals surface area contributed by atoms with E-state index in [-0.39, 0.29) is 11.9 Å². The molecule has 1 aliphatic carbocycles. The summed E-state index contributed by atoms with van der Waals surface area (Å²) in [5, 5.41) is 5.23. The molecule has 1 aliphatic rings. The van der Waals surface area contributed by atoms with E-state index in [1.54, 1.807) is 0 Å². The van der Waals surface area contributed by atoms with Crippen LogP contribution in [-0.4, -0.2) is 18.0 Å². The minimum absolute atomic E-state index is 0.0224. The number of hydrogen-bond acceptors (Lipinski definition) is 1. The summed E-state index contributed by atoms with van der Waals surface area (Å²) in [7, 11) is 0. The molecule has 1 fully saturated rings. The third-order valence-corrected chi connectivity index (χ3v) is 4.17. The first kappa shape index (κ1) is 14.1. The van der Waals surface area contributed by atoms with Crippen LogP contribution in [-0.2, 0) is 4.79 Å². The van der Waals surface area contributed by atoms with E-state index in [1.165, 1.54) is 25.7 Å². The molecule has 3 heteroatoms. The van der Waals surface area contributed by atoms with Crippen molar-refractivity contribution in [2.45, 2.75) is 51.6 Å². The molecule has 0 spiro atoms. The molecule has 0 bridgehead atoms. The summed E-state index contributed by atoms with van der Waals surface area (Å²) in [5.74, 6) is 0.824. The van der Waals surface area contributed by atoms with Crippen molar-refractivity contribution in [3.63, 3.8) is 0 Å². The zero-order chi connectivity index (χ0) is 13.7. The van der Waals surface area contributed by atoms with Gasteiger partial charge in [-0.05, 0) is 38.3 Å². The summed E-state index contributed by atoms with van der Waals surface area (Å²) in [6, 6.07) is 10.3. The largest absolute Gasteiger partial charge is 0.334 e. The van der Waals surface area contributed by atoms with Gasteiger partial charge in [0.2, 0.25) is 0 Å². The number of quaternary nitrogens is 1. The van der Waals surface area contributed by atoms with Gasteiger partial charge in [-0.25, -0.2) is 0 Å². The maximum Gasteiger partial charge on any atom is 0.282 e. The predicted octanol–water partition coefficient (Wildman–Crippen LogP) is 2.16. The number of anilines is 1. The Bertz CT molecular complexity index is 404. The minimum atomic E-state index is -0.0224. The van der Waals surface area contributed by atoms with Crippen LogP contribution >= 0.6 is 0 Å². The highest BCUT2D eigenvalue weighted by Crippen LogP contribution is 2.21. The average molecular weight is 261 g/mol. The maximum atomic E-state index is 12.2. The number of rotatable bonds is 4. The molecular weight excluding hydrogens is 236 g/mol. The summed E-state index contributed by atoms with van der Waals surface area (Å²) in [4.78, 5) is 12.2. The molecule has 1 amide bonds. The number of hydrogen-bond donors (Lipinski definition) is 2. The fourth-order valence-corrected chi connectivity index (χ4v) is 2.87. The van der Waals surface area contributed by atoms with Crippen LogP contribution in [0, 0.1) is 5.92 Å². The van der Waals surface area contributed by atoms with Gasteiger partial charge in [-0.3, -0.25) is 4.79 Å². The van der Waals surface area contributed by atoms with Crippen molar-refractivity contribution in [2.75, 3.05) is 5.32 Å². The highest BCUT2D eigenvalue weighted by atomic mass is 16.2. The molecular formula is C16H25N2O+. The molecule has 0 aliphatic heterocycles. The first-order chi connectivity index (χ1) is 9.16. The van der Waals surface area contributed by atoms with Crippen molar-refractivity contribution >= 4 is 11.6 Å². The van der Waals surface area contributed by atoms with E-state index in [0.29, 0.717) is 6.04 Å². The van der Waals surface area contributed by atoms with E-state index < -0.39 is 0 Å².